The van der Waals surface area contributed by atoms with Crippen LogP contribution in [0.3, 0.4) is 0 Å². The first-order chi connectivity index (χ1) is 9.81. The number of hydrogen-bond donors (Lipinski definition) is 1. The van der Waals surface area contributed by atoms with Crippen LogP contribution in [-0.4, -0.2) is 41.6 Å². The molecule has 2 aliphatic heterocycles. The molecule has 0 aliphatic carbocycles. The van der Waals surface area contributed by atoms with Crippen molar-refractivity contribution in [2.75, 3.05) is 25.1 Å². The quantitative estimate of drug-likeness (QED) is 0.905. The Morgan fingerprint density at radius 2 is 2.35 bits per heavy atom. The minimum atomic E-state index is -0.0278. The fourth-order valence-corrected chi connectivity index (χ4v) is 2.67. The van der Waals surface area contributed by atoms with Crippen LogP contribution in [0.4, 0.5) is 5.69 Å². The Balaban J connectivity index is 1.52. The van der Waals surface area contributed by atoms with Gasteiger partial charge in [0.05, 0.1) is 37.1 Å². The molecule has 0 unspecified atom stereocenters. The Kier molecular flexibility index (Phi) is 4.32. The summed E-state index contributed by atoms with van der Waals surface area (Å²) in [7, 11) is 0. The van der Waals surface area contributed by atoms with Gasteiger partial charge in [0.1, 0.15) is 0 Å². The molecule has 1 aromatic rings. The van der Waals surface area contributed by atoms with E-state index in [2.05, 4.69) is 10.4 Å². The molecule has 0 spiro atoms. The first-order valence-corrected chi connectivity index (χ1v) is 7.34. The predicted molar refractivity (Wildman–Crippen MR) is 73.4 cm³/mol. The van der Waals surface area contributed by atoms with Gasteiger partial charge in [-0.3, -0.25) is 9.48 Å². The van der Waals surface area contributed by atoms with E-state index in [1.54, 1.807) is 6.20 Å². The normalized spacial score (nSPS) is 26.6. The highest BCUT2D eigenvalue weighted by molar-refractivity contribution is 5.92. The van der Waals surface area contributed by atoms with Crippen LogP contribution in [0.1, 0.15) is 25.7 Å². The number of nitrogens with one attached hydrogen (secondary N) is 1. The van der Waals surface area contributed by atoms with E-state index in [-0.39, 0.29) is 17.9 Å². The molecular weight excluding hydrogens is 258 g/mol. The van der Waals surface area contributed by atoms with E-state index in [0.29, 0.717) is 13.2 Å². The lowest BCUT2D eigenvalue weighted by molar-refractivity contribution is -0.119. The Morgan fingerprint density at radius 3 is 3.10 bits per heavy atom. The lowest BCUT2D eigenvalue weighted by atomic mass is 10.1. The second-order valence-corrected chi connectivity index (χ2v) is 5.49. The van der Waals surface area contributed by atoms with E-state index < -0.39 is 0 Å². The number of carbonyl (C=O) groups is 1. The molecular formula is C14H21N3O3. The fourth-order valence-electron chi connectivity index (χ4n) is 2.67. The number of aromatic nitrogens is 2. The molecule has 0 bridgehead atoms. The van der Waals surface area contributed by atoms with Gasteiger partial charge in [0, 0.05) is 19.4 Å². The van der Waals surface area contributed by atoms with E-state index >= 15 is 0 Å². The van der Waals surface area contributed by atoms with Crippen molar-refractivity contribution in [2.45, 2.75) is 38.3 Å². The van der Waals surface area contributed by atoms with Crippen molar-refractivity contribution in [2.24, 2.45) is 5.92 Å². The smallest absolute Gasteiger partial charge is 0.229 e. The molecule has 3 heterocycles. The molecule has 6 heteroatoms. The lowest BCUT2D eigenvalue weighted by Crippen LogP contribution is -2.24. The van der Waals surface area contributed by atoms with Gasteiger partial charge in [-0.05, 0) is 25.7 Å². The van der Waals surface area contributed by atoms with E-state index in [1.807, 2.05) is 10.9 Å². The van der Waals surface area contributed by atoms with Crippen LogP contribution < -0.4 is 5.32 Å². The molecule has 1 aromatic heterocycles. The third-order valence-corrected chi connectivity index (χ3v) is 3.87. The van der Waals surface area contributed by atoms with Crippen LogP contribution in [0.15, 0.2) is 12.4 Å². The third kappa shape index (κ3) is 3.37. The Bertz CT molecular complexity index is 448. The zero-order valence-corrected chi connectivity index (χ0v) is 11.6. The Labute approximate surface area is 118 Å². The minimum Gasteiger partial charge on any atom is -0.381 e. The third-order valence-electron chi connectivity index (χ3n) is 3.87. The average molecular weight is 279 g/mol. The maximum absolute atomic E-state index is 12.0. The van der Waals surface area contributed by atoms with Crippen LogP contribution in [0, 0.1) is 5.92 Å². The second-order valence-electron chi connectivity index (χ2n) is 5.49. The van der Waals surface area contributed by atoms with Crippen LogP contribution in [0.5, 0.6) is 0 Å². The van der Waals surface area contributed by atoms with Gasteiger partial charge >= 0.3 is 0 Å². The monoisotopic (exact) mass is 279 g/mol. The number of ether oxygens (including phenoxy) is 2. The van der Waals surface area contributed by atoms with Crippen molar-refractivity contribution in [1.82, 2.24) is 9.78 Å². The number of carbonyl (C=O) groups excluding carboxylic acids is 1. The molecule has 0 saturated carbocycles. The van der Waals surface area contributed by atoms with Crippen LogP contribution >= 0.6 is 0 Å². The summed E-state index contributed by atoms with van der Waals surface area (Å²) >= 11 is 0. The summed E-state index contributed by atoms with van der Waals surface area (Å²) in [6, 6.07) is 0. The first kappa shape index (κ1) is 13.6. The minimum absolute atomic E-state index is 0.0240. The van der Waals surface area contributed by atoms with Crippen molar-refractivity contribution >= 4 is 11.6 Å². The second kappa shape index (κ2) is 6.37. The summed E-state index contributed by atoms with van der Waals surface area (Å²) in [4.78, 5) is 12.0. The SMILES string of the molecule is O=C(Nc1cnn(C[C@H]2CCCCO2)c1)[C@H]1CCOC1. The standard InChI is InChI=1S/C14H21N3O3/c18-14(11-4-6-19-10-11)16-12-7-15-17(8-12)9-13-3-1-2-5-20-13/h7-8,11,13H,1-6,9-10H2,(H,16,18)/t11-,13+/m0/s1. The van der Waals surface area contributed by atoms with Crippen LogP contribution in [0.2, 0.25) is 0 Å². The summed E-state index contributed by atoms with van der Waals surface area (Å²) < 4.78 is 12.8. The summed E-state index contributed by atoms with van der Waals surface area (Å²) in [6.45, 7) is 2.80. The van der Waals surface area contributed by atoms with E-state index in [4.69, 9.17) is 9.47 Å². The van der Waals surface area contributed by atoms with Crippen molar-refractivity contribution in [3.05, 3.63) is 12.4 Å². The highest BCUT2D eigenvalue weighted by atomic mass is 16.5. The summed E-state index contributed by atoms with van der Waals surface area (Å²) in [5.74, 6) is -0.00371. The van der Waals surface area contributed by atoms with E-state index in [9.17, 15) is 4.79 Å². The summed E-state index contributed by atoms with van der Waals surface area (Å²) in [5.41, 5.74) is 0.748. The molecule has 110 valence electrons. The van der Waals surface area contributed by atoms with Gasteiger partial charge in [-0.1, -0.05) is 0 Å². The molecule has 20 heavy (non-hydrogen) atoms. The number of amides is 1. The number of rotatable bonds is 4. The van der Waals surface area contributed by atoms with Crippen molar-refractivity contribution in [3.8, 4) is 0 Å². The van der Waals surface area contributed by atoms with E-state index in [0.717, 1.165) is 38.1 Å². The first-order valence-electron chi connectivity index (χ1n) is 7.34. The number of anilines is 1. The predicted octanol–water partition coefficient (Wildman–Crippen LogP) is 1.43. The molecule has 2 fully saturated rings. The average Bonchev–Trinajstić information content (AvgIpc) is 3.11. The zero-order chi connectivity index (χ0) is 13.8. The van der Waals surface area contributed by atoms with Gasteiger partial charge in [-0.15, -0.1) is 0 Å². The highest BCUT2D eigenvalue weighted by Gasteiger charge is 2.24. The molecule has 6 nitrogen and oxygen atoms in total. The molecule has 3 rings (SSSR count). The number of nitrogens with zero attached hydrogens (tertiary/aromatic N) is 2. The molecule has 1 N–H and O–H groups in total. The van der Waals surface area contributed by atoms with Gasteiger partial charge < -0.3 is 14.8 Å². The van der Waals surface area contributed by atoms with Crippen molar-refractivity contribution in [3.63, 3.8) is 0 Å². The van der Waals surface area contributed by atoms with Gasteiger partial charge in [-0.2, -0.15) is 5.10 Å². The van der Waals surface area contributed by atoms with Crippen molar-refractivity contribution < 1.29 is 14.3 Å². The number of hydrogen-bond acceptors (Lipinski definition) is 4. The van der Waals surface area contributed by atoms with Crippen LogP contribution in [0.25, 0.3) is 0 Å². The lowest BCUT2D eigenvalue weighted by Gasteiger charge is -2.22. The van der Waals surface area contributed by atoms with E-state index in [1.165, 1.54) is 6.42 Å². The van der Waals surface area contributed by atoms with Gasteiger partial charge in [0.25, 0.3) is 0 Å². The van der Waals surface area contributed by atoms with Gasteiger partial charge in [-0.25, -0.2) is 0 Å². The topological polar surface area (TPSA) is 65.4 Å². The molecule has 1 amide bonds. The van der Waals surface area contributed by atoms with Gasteiger partial charge in [0.2, 0.25) is 5.91 Å². The maximum Gasteiger partial charge on any atom is 0.229 e. The molecule has 2 aliphatic rings. The molecule has 0 aromatic carbocycles. The maximum atomic E-state index is 12.0. The van der Waals surface area contributed by atoms with Gasteiger partial charge in [0.15, 0.2) is 0 Å². The summed E-state index contributed by atoms with van der Waals surface area (Å²) in [6.07, 6.45) is 8.06. The fraction of sp³-hybridized carbons (Fsp3) is 0.714. The summed E-state index contributed by atoms with van der Waals surface area (Å²) in [5, 5.41) is 7.18. The highest BCUT2D eigenvalue weighted by Crippen LogP contribution is 2.17. The largest absolute Gasteiger partial charge is 0.381 e. The molecule has 0 radical (unpaired) electrons. The van der Waals surface area contributed by atoms with Crippen molar-refractivity contribution in [1.29, 1.82) is 0 Å². The molecule has 2 saturated heterocycles. The zero-order valence-electron chi connectivity index (χ0n) is 11.6. The van der Waals surface area contributed by atoms with Crippen LogP contribution in [-0.2, 0) is 20.8 Å². The Hall–Kier alpha value is -1.40. The Morgan fingerprint density at radius 1 is 1.40 bits per heavy atom. The molecule has 2 atom stereocenters.